The minimum absolute atomic E-state index is 0.0317. The van der Waals surface area contributed by atoms with E-state index in [1.54, 1.807) is 67.8 Å². The van der Waals surface area contributed by atoms with Gasteiger partial charge in [0.2, 0.25) is 11.8 Å². The lowest BCUT2D eigenvalue weighted by Crippen LogP contribution is -2.55. The third-order valence-corrected chi connectivity index (χ3v) is 8.87. The van der Waals surface area contributed by atoms with Gasteiger partial charge in [0.15, 0.2) is 0 Å². The molecule has 0 aromatic heterocycles. The van der Waals surface area contributed by atoms with Gasteiger partial charge in [0, 0.05) is 12.1 Å². The number of nitrogens with one attached hydrogen (secondary N) is 1. The molecule has 0 radical (unpaired) electrons. The highest BCUT2D eigenvalue weighted by atomic mass is 32.2. The van der Waals surface area contributed by atoms with Crippen molar-refractivity contribution in [2.24, 2.45) is 0 Å². The molecule has 1 N–H and O–H groups in total. The van der Waals surface area contributed by atoms with E-state index in [1.807, 2.05) is 64.1 Å². The van der Waals surface area contributed by atoms with Crippen LogP contribution in [0.15, 0.2) is 114 Å². The zero-order chi connectivity index (χ0) is 33.3. The van der Waals surface area contributed by atoms with Crippen LogP contribution in [-0.2, 0) is 26.2 Å². The number of rotatable bonds is 13. The number of hydrogen-bond acceptors (Lipinski definition) is 6. The summed E-state index contributed by atoms with van der Waals surface area (Å²) in [4.78, 5) is 29.3. The first-order valence-corrected chi connectivity index (χ1v) is 16.5. The minimum Gasteiger partial charge on any atom is -0.497 e. The molecule has 0 fully saturated rings. The van der Waals surface area contributed by atoms with Crippen molar-refractivity contribution in [3.8, 4) is 17.2 Å². The van der Waals surface area contributed by atoms with Crippen LogP contribution in [0.25, 0.3) is 0 Å². The predicted molar refractivity (Wildman–Crippen MR) is 179 cm³/mol. The van der Waals surface area contributed by atoms with Crippen molar-refractivity contribution in [3.05, 3.63) is 115 Å². The third kappa shape index (κ3) is 8.88. The van der Waals surface area contributed by atoms with Crippen LogP contribution < -0.4 is 19.1 Å². The second-order valence-corrected chi connectivity index (χ2v) is 13.6. The number of amides is 2. The lowest BCUT2D eigenvalue weighted by atomic mass is 10.1. The van der Waals surface area contributed by atoms with Gasteiger partial charge in [-0.3, -0.25) is 13.9 Å². The Morgan fingerprint density at radius 1 is 0.804 bits per heavy atom. The van der Waals surface area contributed by atoms with E-state index in [-0.39, 0.29) is 23.0 Å². The fraction of sp³-hybridized carbons (Fsp3) is 0.278. The van der Waals surface area contributed by atoms with Gasteiger partial charge in [-0.1, -0.05) is 55.5 Å². The van der Waals surface area contributed by atoms with E-state index in [2.05, 4.69) is 5.32 Å². The number of benzene rings is 4. The first-order valence-electron chi connectivity index (χ1n) is 15.1. The van der Waals surface area contributed by atoms with Gasteiger partial charge in [-0.05, 0) is 93.4 Å². The van der Waals surface area contributed by atoms with Crippen LogP contribution in [0.5, 0.6) is 17.2 Å². The van der Waals surface area contributed by atoms with Gasteiger partial charge in [0.05, 0.1) is 17.7 Å². The Labute approximate surface area is 271 Å². The molecule has 0 spiro atoms. The molecule has 0 unspecified atom stereocenters. The Morgan fingerprint density at radius 3 is 1.98 bits per heavy atom. The summed E-state index contributed by atoms with van der Waals surface area (Å²) in [5.41, 5.74) is 0.460. The van der Waals surface area contributed by atoms with Crippen molar-refractivity contribution in [3.63, 3.8) is 0 Å². The molecule has 0 saturated carbocycles. The maximum absolute atomic E-state index is 14.3. The Kier molecular flexibility index (Phi) is 11.1. The average Bonchev–Trinajstić information content (AvgIpc) is 3.04. The highest BCUT2D eigenvalue weighted by molar-refractivity contribution is 7.92. The molecule has 10 heteroatoms. The molecule has 4 aromatic carbocycles. The first-order chi connectivity index (χ1) is 21.9. The lowest BCUT2D eigenvalue weighted by molar-refractivity contribution is -0.141. The Bertz CT molecular complexity index is 1710. The van der Waals surface area contributed by atoms with Crippen molar-refractivity contribution in [2.75, 3.05) is 18.0 Å². The summed E-state index contributed by atoms with van der Waals surface area (Å²) in [5, 5.41) is 2.98. The zero-order valence-electron chi connectivity index (χ0n) is 26.8. The fourth-order valence-corrected chi connectivity index (χ4v) is 6.33. The highest BCUT2D eigenvalue weighted by Crippen LogP contribution is 2.29. The van der Waals surface area contributed by atoms with E-state index in [0.29, 0.717) is 23.7 Å². The molecule has 0 aliphatic carbocycles. The SMILES string of the molecule is CC[C@@H](C(=O)NC(C)(C)C)N(Cc1cccc(OC)c1)C(=O)CN(c1ccc(Oc2ccccc2)cc1)S(=O)(=O)c1ccccc1. The van der Waals surface area contributed by atoms with E-state index in [9.17, 15) is 18.0 Å². The number of ether oxygens (including phenoxy) is 2. The number of sulfonamides is 1. The summed E-state index contributed by atoms with van der Waals surface area (Å²) in [6, 6.07) is 30.0. The quantitative estimate of drug-likeness (QED) is 0.181. The fourth-order valence-electron chi connectivity index (χ4n) is 4.89. The molecule has 0 aliphatic heterocycles. The Morgan fingerprint density at radius 2 is 1.39 bits per heavy atom. The summed E-state index contributed by atoms with van der Waals surface area (Å²) < 4.78 is 40.6. The van der Waals surface area contributed by atoms with E-state index >= 15 is 0 Å². The van der Waals surface area contributed by atoms with Crippen LogP contribution in [0.3, 0.4) is 0 Å². The molecule has 1 atom stereocenters. The molecule has 0 heterocycles. The highest BCUT2D eigenvalue weighted by Gasteiger charge is 2.34. The summed E-state index contributed by atoms with van der Waals surface area (Å²) in [6.45, 7) is 6.94. The molecule has 0 bridgehead atoms. The van der Waals surface area contributed by atoms with Gasteiger partial charge in [-0.25, -0.2) is 8.42 Å². The van der Waals surface area contributed by atoms with E-state index in [4.69, 9.17) is 9.47 Å². The summed E-state index contributed by atoms with van der Waals surface area (Å²) in [6.07, 6.45) is 0.314. The summed E-state index contributed by atoms with van der Waals surface area (Å²) in [5.74, 6) is 0.867. The maximum Gasteiger partial charge on any atom is 0.264 e. The molecule has 4 rings (SSSR count). The minimum atomic E-state index is -4.19. The molecule has 46 heavy (non-hydrogen) atoms. The lowest BCUT2D eigenvalue weighted by Gasteiger charge is -2.34. The number of methoxy groups -OCH3 is 1. The van der Waals surface area contributed by atoms with Crippen molar-refractivity contribution in [1.82, 2.24) is 10.2 Å². The van der Waals surface area contributed by atoms with E-state index in [1.165, 1.54) is 17.0 Å². The molecule has 2 amide bonds. The van der Waals surface area contributed by atoms with Crippen molar-refractivity contribution < 1.29 is 27.5 Å². The molecule has 0 saturated heterocycles. The van der Waals surface area contributed by atoms with Crippen LogP contribution in [0.1, 0.15) is 39.7 Å². The standard InChI is InChI=1S/C36H41N3O6S/c1-6-33(35(41)37-36(2,3)4)38(25-27-14-13-17-31(24-27)44-5)34(40)26-39(46(42,43)32-18-11-8-12-19-32)28-20-22-30(23-21-28)45-29-15-9-7-10-16-29/h7-24,33H,6,25-26H2,1-5H3,(H,37,41)/t33-/m0/s1. The van der Waals surface area contributed by atoms with Crippen molar-refractivity contribution >= 4 is 27.5 Å². The number of carbonyl (C=O) groups excluding carboxylic acids is 2. The van der Waals surface area contributed by atoms with Crippen molar-refractivity contribution in [2.45, 2.75) is 57.1 Å². The predicted octanol–water partition coefficient (Wildman–Crippen LogP) is 6.40. The molecule has 0 aliphatic rings. The number of carbonyl (C=O) groups is 2. The summed E-state index contributed by atoms with van der Waals surface area (Å²) >= 11 is 0. The number of nitrogens with zero attached hydrogens (tertiary/aromatic N) is 2. The monoisotopic (exact) mass is 643 g/mol. The number of hydrogen-bond donors (Lipinski definition) is 1. The van der Waals surface area contributed by atoms with Gasteiger partial charge < -0.3 is 19.7 Å². The van der Waals surface area contributed by atoms with Gasteiger partial charge in [0.1, 0.15) is 29.8 Å². The largest absolute Gasteiger partial charge is 0.497 e. The number of para-hydroxylation sites is 1. The molecular weight excluding hydrogens is 602 g/mol. The zero-order valence-corrected chi connectivity index (χ0v) is 27.7. The van der Waals surface area contributed by atoms with Gasteiger partial charge in [-0.15, -0.1) is 0 Å². The number of anilines is 1. The van der Waals surface area contributed by atoms with Crippen molar-refractivity contribution in [1.29, 1.82) is 0 Å². The van der Waals surface area contributed by atoms with Crippen LogP contribution in [0, 0.1) is 0 Å². The average molecular weight is 644 g/mol. The van der Waals surface area contributed by atoms with Gasteiger partial charge in [-0.2, -0.15) is 0 Å². The Balaban J connectivity index is 1.73. The van der Waals surface area contributed by atoms with E-state index in [0.717, 1.165) is 9.87 Å². The van der Waals surface area contributed by atoms with Crippen LogP contribution >= 0.6 is 0 Å². The van der Waals surface area contributed by atoms with E-state index < -0.39 is 34.1 Å². The molecular formula is C36H41N3O6S. The topological polar surface area (TPSA) is 105 Å². The normalized spacial score (nSPS) is 12.1. The second-order valence-electron chi connectivity index (χ2n) is 11.8. The second kappa shape index (κ2) is 15.0. The van der Waals surface area contributed by atoms with Crippen LogP contribution in [0.4, 0.5) is 5.69 Å². The summed E-state index contributed by atoms with van der Waals surface area (Å²) in [7, 11) is -2.64. The molecule has 242 valence electrons. The molecule has 4 aromatic rings. The van der Waals surface area contributed by atoms with Gasteiger partial charge >= 0.3 is 0 Å². The maximum atomic E-state index is 14.3. The third-order valence-electron chi connectivity index (χ3n) is 7.08. The smallest absolute Gasteiger partial charge is 0.264 e. The molecule has 9 nitrogen and oxygen atoms in total. The van der Waals surface area contributed by atoms with Crippen LogP contribution in [0.2, 0.25) is 0 Å². The Hall–Kier alpha value is -4.83. The first kappa shape index (κ1) is 34.1. The van der Waals surface area contributed by atoms with Crippen LogP contribution in [-0.4, -0.2) is 50.4 Å². The van der Waals surface area contributed by atoms with Gasteiger partial charge in [0.25, 0.3) is 10.0 Å².